The van der Waals surface area contributed by atoms with Crippen LogP contribution in [0.1, 0.15) is 5.56 Å². The van der Waals surface area contributed by atoms with E-state index in [1.807, 2.05) is 0 Å². The highest BCUT2D eigenvalue weighted by atomic mass is 35.5. The number of carbonyl (C=O) groups is 1. The number of carbonyl (C=O) groups excluding carboxylic acids is 1. The molecule has 0 atom stereocenters. The van der Waals surface area contributed by atoms with E-state index in [0.29, 0.717) is 27.0 Å². The zero-order valence-electron chi connectivity index (χ0n) is 11.6. The first-order valence-corrected chi connectivity index (χ1v) is 7.03. The predicted molar refractivity (Wildman–Crippen MR) is 87.1 cm³/mol. The summed E-state index contributed by atoms with van der Waals surface area (Å²) >= 11 is 11.9. The molecule has 22 heavy (non-hydrogen) atoms. The number of rotatable bonds is 4. The van der Waals surface area contributed by atoms with Gasteiger partial charge in [0, 0.05) is 22.3 Å². The molecule has 2 aromatic carbocycles. The molecular formula is C16H12Cl2FNO2. The Kier molecular flexibility index (Phi) is 5.41. The fourth-order valence-corrected chi connectivity index (χ4v) is 2.42. The Labute approximate surface area is 137 Å². The van der Waals surface area contributed by atoms with E-state index < -0.39 is 11.7 Å². The van der Waals surface area contributed by atoms with Crippen LogP contribution in [0.15, 0.2) is 42.5 Å². The van der Waals surface area contributed by atoms with Crippen molar-refractivity contribution in [1.29, 1.82) is 0 Å². The molecular weight excluding hydrogens is 328 g/mol. The van der Waals surface area contributed by atoms with Crippen molar-refractivity contribution in [1.82, 2.24) is 0 Å². The summed E-state index contributed by atoms with van der Waals surface area (Å²) in [5.41, 5.74) is 0.931. The fourth-order valence-electron chi connectivity index (χ4n) is 1.84. The minimum atomic E-state index is -0.426. The Morgan fingerprint density at radius 1 is 1.27 bits per heavy atom. The molecule has 1 N–H and O–H groups in total. The molecule has 1 amide bonds. The van der Waals surface area contributed by atoms with Gasteiger partial charge in [0.25, 0.3) is 0 Å². The van der Waals surface area contributed by atoms with Gasteiger partial charge >= 0.3 is 0 Å². The number of nitrogens with one attached hydrogen (secondary N) is 1. The summed E-state index contributed by atoms with van der Waals surface area (Å²) in [5.74, 6) is -0.422. The van der Waals surface area contributed by atoms with E-state index in [-0.39, 0.29) is 0 Å². The van der Waals surface area contributed by atoms with Crippen LogP contribution in [0.4, 0.5) is 10.1 Å². The first kappa shape index (κ1) is 16.3. The second-order valence-corrected chi connectivity index (χ2v) is 5.19. The smallest absolute Gasteiger partial charge is 0.248 e. The van der Waals surface area contributed by atoms with Gasteiger partial charge in [0.05, 0.1) is 12.1 Å². The summed E-state index contributed by atoms with van der Waals surface area (Å²) in [4.78, 5) is 11.8. The van der Waals surface area contributed by atoms with Crippen molar-refractivity contribution in [2.75, 3.05) is 12.4 Å². The largest absolute Gasteiger partial charge is 0.495 e. The van der Waals surface area contributed by atoms with Crippen molar-refractivity contribution in [3.63, 3.8) is 0 Å². The lowest BCUT2D eigenvalue weighted by molar-refractivity contribution is -0.111. The first-order chi connectivity index (χ1) is 10.5. The lowest BCUT2D eigenvalue weighted by atomic mass is 10.2. The monoisotopic (exact) mass is 339 g/mol. The molecule has 0 bridgehead atoms. The molecule has 0 spiro atoms. The molecule has 3 nitrogen and oxygen atoms in total. The molecule has 0 aliphatic rings. The van der Waals surface area contributed by atoms with Crippen LogP contribution in [0, 0.1) is 5.82 Å². The molecule has 2 aromatic rings. The summed E-state index contributed by atoms with van der Waals surface area (Å²) in [6.07, 6.45) is 2.81. The maximum atomic E-state index is 13.0. The Hall–Kier alpha value is -2.04. The van der Waals surface area contributed by atoms with Gasteiger partial charge in [-0.15, -0.1) is 0 Å². The Balaban J connectivity index is 2.16. The average molecular weight is 340 g/mol. The number of hydrogen-bond donors (Lipinski definition) is 1. The Bertz CT molecular complexity index is 732. The highest BCUT2D eigenvalue weighted by Crippen LogP contribution is 2.32. The minimum absolute atomic E-state index is 0.347. The lowest BCUT2D eigenvalue weighted by Gasteiger charge is -2.08. The predicted octanol–water partition coefficient (Wildman–Crippen LogP) is 4.79. The van der Waals surface area contributed by atoms with Gasteiger partial charge in [0.15, 0.2) is 0 Å². The van der Waals surface area contributed by atoms with E-state index in [0.717, 1.165) is 0 Å². The number of benzene rings is 2. The molecule has 0 radical (unpaired) electrons. The van der Waals surface area contributed by atoms with Gasteiger partial charge in [-0.05, 0) is 36.4 Å². The summed E-state index contributed by atoms with van der Waals surface area (Å²) in [6, 6.07) is 8.79. The fraction of sp³-hybridized carbons (Fsp3) is 0.0625. The van der Waals surface area contributed by atoms with Gasteiger partial charge in [-0.25, -0.2) is 4.39 Å². The zero-order valence-corrected chi connectivity index (χ0v) is 13.1. The van der Waals surface area contributed by atoms with Crippen molar-refractivity contribution in [2.24, 2.45) is 0 Å². The molecule has 0 fully saturated rings. The molecule has 0 saturated heterocycles. The summed E-state index contributed by atoms with van der Waals surface area (Å²) < 4.78 is 18.2. The number of ether oxygens (including phenoxy) is 1. The first-order valence-electron chi connectivity index (χ1n) is 6.27. The van der Waals surface area contributed by atoms with E-state index in [1.54, 1.807) is 18.2 Å². The third-order valence-corrected chi connectivity index (χ3v) is 3.25. The third-order valence-electron chi connectivity index (χ3n) is 2.75. The van der Waals surface area contributed by atoms with Gasteiger partial charge in [-0.2, -0.15) is 0 Å². The third kappa shape index (κ3) is 4.23. The lowest BCUT2D eigenvalue weighted by Crippen LogP contribution is -2.07. The maximum absolute atomic E-state index is 13.0. The standard InChI is InChI=1S/C16H12Cl2FNO2/c1-22-16-10(7-11(17)8-14(16)18)5-6-15(21)20-13-4-2-3-12(19)9-13/h2-9H,1H3,(H,20,21). The molecule has 0 aliphatic carbocycles. The maximum Gasteiger partial charge on any atom is 0.248 e. The molecule has 0 heterocycles. The quantitative estimate of drug-likeness (QED) is 0.813. The summed E-state index contributed by atoms with van der Waals surface area (Å²) in [5, 5.41) is 3.32. The topological polar surface area (TPSA) is 38.3 Å². The normalized spacial score (nSPS) is 10.7. The second kappa shape index (κ2) is 7.29. The highest BCUT2D eigenvalue weighted by molar-refractivity contribution is 6.36. The van der Waals surface area contributed by atoms with Gasteiger partial charge in [-0.1, -0.05) is 29.3 Å². The zero-order chi connectivity index (χ0) is 16.1. The number of amides is 1. The summed E-state index contributed by atoms with van der Waals surface area (Å²) in [7, 11) is 1.47. The van der Waals surface area contributed by atoms with Crippen molar-refractivity contribution in [2.45, 2.75) is 0 Å². The molecule has 6 heteroatoms. The van der Waals surface area contributed by atoms with Gasteiger partial charge in [0.2, 0.25) is 5.91 Å². The molecule has 114 valence electrons. The molecule has 0 unspecified atom stereocenters. The van der Waals surface area contributed by atoms with Gasteiger partial charge in [-0.3, -0.25) is 4.79 Å². The van der Waals surface area contributed by atoms with Gasteiger partial charge in [0.1, 0.15) is 11.6 Å². The van der Waals surface area contributed by atoms with Crippen LogP contribution < -0.4 is 10.1 Å². The van der Waals surface area contributed by atoms with Crippen molar-refractivity contribution < 1.29 is 13.9 Å². The van der Waals surface area contributed by atoms with Crippen LogP contribution in [0.2, 0.25) is 10.0 Å². The highest BCUT2D eigenvalue weighted by Gasteiger charge is 2.08. The molecule has 2 rings (SSSR count). The number of anilines is 1. The molecule has 0 saturated carbocycles. The average Bonchev–Trinajstić information content (AvgIpc) is 2.44. The van der Waals surface area contributed by atoms with E-state index >= 15 is 0 Å². The van der Waals surface area contributed by atoms with Crippen LogP contribution >= 0.6 is 23.2 Å². The Morgan fingerprint density at radius 3 is 2.73 bits per heavy atom. The second-order valence-electron chi connectivity index (χ2n) is 4.34. The molecule has 0 aromatic heterocycles. The Morgan fingerprint density at radius 2 is 2.05 bits per heavy atom. The van der Waals surface area contributed by atoms with E-state index in [4.69, 9.17) is 27.9 Å². The number of methoxy groups -OCH3 is 1. The van der Waals surface area contributed by atoms with Crippen molar-refractivity contribution in [3.05, 3.63) is 63.9 Å². The van der Waals surface area contributed by atoms with E-state index in [9.17, 15) is 9.18 Å². The summed E-state index contributed by atoms with van der Waals surface area (Å²) in [6.45, 7) is 0. The SMILES string of the molecule is COc1c(Cl)cc(Cl)cc1C=CC(=O)Nc1cccc(F)c1. The van der Waals surface area contributed by atoms with E-state index in [1.165, 1.54) is 37.5 Å². The van der Waals surface area contributed by atoms with Crippen LogP contribution in [0.25, 0.3) is 6.08 Å². The number of hydrogen-bond acceptors (Lipinski definition) is 2. The minimum Gasteiger partial charge on any atom is -0.495 e. The van der Waals surface area contributed by atoms with Crippen molar-refractivity contribution in [3.8, 4) is 5.75 Å². The van der Waals surface area contributed by atoms with Crippen LogP contribution in [0.5, 0.6) is 5.75 Å². The van der Waals surface area contributed by atoms with Crippen LogP contribution in [-0.2, 0) is 4.79 Å². The van der Waals surface area contributed by atoms with E-state index in [2.05, 4.69) is 5.32 Å². The van der Waals surface area contributed by atoms with Crippen molar-refractivity contribution >= 4 is 40.9 Å². The van der Waals surface area contributed by atoms with Gasteiger partial charge < -0.3 is 10.1 Å². The van der Waals surface area contributed by atoms with Crippen LogP contribution in [-0.4, -0.2) is 13.0 Å². The molecule has 0 aliphatic heterocycles. The number of halogens is 3. The van der Waals surface area contributed by atoms with Crippen LogP contribution in [0.3, 0.4) is 0 Å².